The maximum atomic E-state index is 9.97. The van der Waals surface area contributed by atoms with Gasteiger partial charge in [0.1, 0.15) is 11.5 Å². The fourth-order valence-corrected chi connectivity index (χ4v) is 2.77. The Morgan fingerprint density at radius 1 is 0.950 bits per heavy atom. The van der Waals surface area contributed by atoms with Crippen LogP contribution in [0.2, 0.25) is 0 Å². The third-order valence-corrected chi connectivity index (χ3v) is 3.82. The maximum Gasteiger partial charge on any atom is 0.119 e. The standard InChI is InChI=1S/C17H16O3/c1-9-13-4-3-11-7-12(19)8-15(10(2)18)17(11)14(13)5-6-16(9)20/h3-8,10,18-20H,1-2H3/t10-/m0/s1. The van der Waals surface area contributed by atoms with Crippen molar-refractivity contribution in [2.45, 2.75) is 20.0 Å². The molecule has 0 amide bonds. The van der Waals surface area contributed by atoms with Crippen LogP contribution in [0.5, 0.6) is 11.5 Å². The molecular weight excluding hydrogens is 252 g/mol. The van der Waals surface area contributed by atoms with Crippen LogP contribution in [0.25, 0.3) is 21.5 Å². The largest absolute Gasteiger partial charge is 0.508 e. The number of hydrogen-bond acceptors (Lipinski definition) is 3. The minimum atomic E-state index is -0.677. The quantitative estimate of drug-likeness (QED) is 0.589. The van der Waals surface area contributed by atoms with Crippen LogP contribution in [0.4, 0.5) is 0 Å². The number of phenols is 2. The van der Waals surface area contributed by atoms with Crippen LogP contribution in [-0.4, -0.2) is 15.3 Å². The number of aryl methyl sites for hydroxylation is 1. The second-order valence-corrected chi connectivity index (χ2v) is 5.18. The molecule has 20 heavy (non-hydrogen) atoms. The van der Waals surface area contributed by atoms with Gasteiger partial charge in [-0.05, 0) is 64.7 Å². The van der Waals surface area contributed by atoms with Gasteiger partial charge in [-0.3, -0.25) is 0 Å². The predicted molar refractivity (Wildman–Crippen MR) is 80.2 cm³/mol. The maximum absolute atomic E-state index is 9.97. The summed E-state index contributed by atoms with van der Waals surface area (Å²) in [5, 5.41) is 33.3. The first-order valence-electron chi connectivity index (χ1n) is 6.55. The minimum Gasteiger partial charge on any atom is -0.508 e. The summed E-state index contributed by atoms with van der Waals surface area (Å²) < 4.78 is 0. The Bertz CT molecular complexity index is 819. The highest BCUT2D eigenvalue weighted by Crippen LogP contribution is 2.37. The van der Waals surface area contributed by atoms with Crippen molar-refractivity contribution in [2.24, 2.45) is 0 Å². The van der Waals surface area contributed by atoms with Gasteiger partial charge in [-0.25, -0.2) is 0 Å². The molecular formula is C17H16O3. The molecule has 3 heteroatoms. The molecule has 0 aliphatic rings. The summed E-state index contributed by atoms with van der Waals surface area (Å²) in [5.41, 5.74) is 1.50. The van der Waals surface area contributed by atoms with Crippen molar-refractivity contribution in [3.05, 3.63) is 47.5 Å². The van der Waals surface area contributed by atoms with Crippen molar-refractivity contribution >= 4 is 21.5 Å². The van der Waals surface area contributed by atoms with Gasteiger partial charge in [0, 0.05) is 0 Å². The molecule has 0 aliphatic carbocycles. The zero-order chi connectivity index (χ0) is 14.4. The number of rotatable bonds is 1. The summed E-state index contributed by atoms with van der Waals surface area (Å²) >= 11 is 0. The average molecular weight is 268 g/mol. The van der Waals surface area contributed by atoms with Crippen molar-refractivity contribution in [3.8, 4) is 11.5 Å². The van der Waals surface area contributed by atoms with E-state index in [4.69, 9.17) is 0 Å². The molecule has 3 rings (SSSR count). The van der Waals surface area contributed by atoms with E-state index < -0.39 is 6.10 Å². The van der Waals surface area contributed by atoms with Crippen LogP contribution in [0, 0.1) is 6.92 Å². The molecule has 0 aliphatic heterocycles. The molecule has 3 nitrogen and oxygen atoms in total. The zero-order valence-corrected chi connectivity index (χ0v) is 11.4. The number of hydrogen-bond donors (Lipinski definition) is 3. The topological polar surface area (TPSA) is 60.7 Å². The summed E-state index contributed by atoms with van der Waals surface area (Å²) in [6.07, 6.45) is -0.677. The molecule has 0 bridgehead atoms. The van der Waals surface area contributed by atoms with E-state index in [0.717, 1.165) is 27.1 Å². The summed E-state index contributed by atoms with van der Waals surface area (Å²) in [4.78, 5) is 0. The first-order valence-corrected chi connectivity index (χ1v) is 6.55. The van der Waals surface area contributed by atoms with Gasteiger partial charge in [-0.1, -0.05) is 18.2 Å². The van der Waals surface area contributed by atoms with E-state index in [1.165, 1.54) is 0 Å². The molecule has 0 spiro atoms. The molecule has 0 saturated carbocycles. The first-order chi connectivity index (χ1) is 9.49. The highest BCUT2D eigenvalue weighted by molar-refractivity contribution is 6.11. The Morgan fingerprint density at radius 2 is 1.65 bits per heavy atom. The Kier molecular flexibility index (Phi) is 2.80. The Balaban J connectivity index is 2.56. The van der Waals surface area contributed by atoms with E-state index in [-0.39, 0.29) is 11.5 Å². The molecule has 0 unspecified atom stereocenters. The highest BCUT2D eigenvalue weighted by atomic mass is 16.3. The van der Waals surface area contributed by atoms with Gasteiger partial charge in [-0.2, -0.15) is 0 Å². The Labute approximate surface area is 116 Å². The van der Waals surface area contributed by atoms with Gasteiger partial charge in [-0.15, -0.1) is 0 Å². The zero-order valence-electron chi connectivity index (χ0n) is 11.4. The molecule has 0 saturated heterocycles. The van der Waals surface area contributed by atoms with Gasteiger partial charge in [0.15, 0.2) is 0 Å². The van der Waals surface area contributed by atoms with Gasteiger partial charge in [0.2, 0.25) is 0 Å². The van der Waals surface area contributed by atoms with Crippen LogP contribution in [-0.2, 0) is 0 Å². The SMILES string of the molecule is Cc1c(O)ccc2c1ccc1cc(O)cc([C@H](C)O)c12. The van der Waals surface area contributed by atoms with Crippen molar-refractivity contribution in [2.75, 3.05) is 0 Å². The molecule has 0 aromatic heterocycles. The first kappa shape index (κ1) is 12.8. The molecule has 0 fully saturated rings. The van der Waals surface area contributed by atoms with Crippen molar-refractivity contribution in [1.82, 2.24) is 0 Å². The minimum absolute atomic E-state index is 0.142. The fourth-order valence-electron chi connectivity index (χ4n) is 2.77. The van der Waals surface area contributed by atoms with Gasteiger partial charge >= 0.3 is 0 Å². The van der Waals surface area contributed by atoms with Crippen molar-refractivity contribution < 1.29 is 15.3 Å². The number of fused-ring (bicyclic) bond motifs is 3. The second-order valence-electron chi connectivity index (χ2n) is 5.18. The lowest BCUT2D eigenvalue weighted by atomic mass is 9.93. The molecule has 102 valence electrons. The van der Waals surface area contributed by atoms with Crippen LogP contribution in [0.1, 0.15) is 24.2 Å². The van der Waals surface area contributed by atoms with Crippen LogP contribution in [0.15, 0.2) is 36.4 Å². The monoisotopic (exact) mass is 268 g/mol. The lowest BCUT2D eigenvalue weighted by molar-refractivity contribution is 0.200. The molecule has 3 N–H and O–H groups in total. The number of aliphatic hydroxyl groups is 1. The Hall–Kier alpha value is -2.26. The van der Waals surface area contributed by atoms with E-state index in [2.05, 4.69) is 0 Å². The molecule has 3 aromatic carbocycles. The highest BCUT2D eigenvalue weighted by Gasteiger charge is 2.13. The number of aliphatic hydroxyl groups excluding tert-OH is 1. The van der Waals surface area contributed by atoms with E-state index in [1.807, 2.05) is 25.1 Å². The third kappa shape index (κ3) is 1.79. The van der Waals surface area contributed by atoms with Crippen LogP contribution < -0.4 is 0 Å². The van der Waals surface area contributed by atoms with E-state index in [0.29, 0.717) is 5.56 Å². The number of phenolic OH excluding ortho intramolecular Hbond substituents is 2. The summed E-state index contributed by atoms with van der Waals surface area (Å²) in [5.74, 6) is 0.400. The smallest absolute Gasteiger partial charge is 0.119 e. The van der Waals surface area contributed by atoms with Gasteiger partial charge in [0.05, 0.1) is 6.10 Å². The van der Waals surface area contributed by atoms with E-state index >= 15 is 0 Å². The lowest BCUT2D eigenvalue weighted by Crippen LogP contribution is -1.94. The molecule has 0 radical (unpaired) electrons. The third-order valence-electron chi connectivity index (χ3n) is 3.82. The lowest BCUT2D eigenvalue weighted by Gasteiger charge is -2.14. The van der Waals surface area contributed by atoms with E-state index in [1.54, 1.807) is 25.1 Å². The molecule has 1 atom stereocenters. The molecule has 0 heterocycles. The van der Waals surface area contributed by atoms with Crippen LogP contribution >= 0.6 is 0 Å². The average Bonchev–Trinajstić information content (AvgIpc) is 2.41. The number of benzene rings is 3. The normalized spacial score (nSPS) is 12.9. The summed E-state index contributed by atoms with van der Waals surface area (Å²) in [7, 11) is 0. The van der Waals surface area contributed by atoms with Crippen molar-refractivity contribution in [1.29, 1.82) is 0 Å². The predicted octanol–water partition coefficient (Wildman–Crippen LogP) is 3.77. The van der Waals surface area contributed by atoms with E-state index in [9.17, 15) is 15.3 Å². The number of aromatic hydroxyl groups is 2. The Morgan fingerprint density at radius 3 is 2.35 bits per heavy atom. The summed E-state index contributed by atoms with van der Waals surface area (Å²) in [6.45, 7) is 3.55. The van der Waals surface area contributed by atoms with Crippen LogP contribution in [0.3, 0.4) is 0 Å². The van der Waals surface area contributed by atoms with Crippen molar-refractivity contribution in [3.63, 3.8) is 0 Å². The summed E-state index contributed by atoms with van der Waals surface area (Å²) in [6, 6.07) is 10.6. The fraction of sp³-hybridized carbons (Fsp3) is 0.176. The van der Waals surface area contributed by atoms with Gasteiger partial charge < -0.3 is 15.3 Å². The van der Waals surface area contributed by atoms with Gasteiger partial charge in [0.25, 0.3) is 0 Å². The second kappa shape index (κ2) is 4.39. The molecule has 3 aromatic rings.